The molecule has 0 aliphatic carbocycles. The number of rotatable bonds is 3. The number of hydrogen-bond donors (Lipinski definition) is 1. The zero-order chi connectivity index (χ0) is 7.94. The highest BCUT2D eigenvalue weighted by molar-refractivity contribution is 6.16. The van der Waals surface area contributed by atoms with E-state index in [1.807, 2.05) is 30.3 Å². The van der Waals surface area contributed by atoms with E-state index in [9.17, 15) is 0 Å². The van der Waals surface area contributed by atoms with Gasteiger partial charge in [0.25, 0.3) is 0 Å². The van der Waals surface area contributed by atoms with Gasteiger partial charge < -0.3 is 9.68 Å². The Bertz CT molecular complexity index is 221. The molecular formula is C8H8BO2. The lowest BCUT2D eigenvalue weighted by molar-refractivity contribution is 0.408. The first-order chi connectivity index (χ1) is 5.43. The third-order valence-electron chi connectivity index (χ3n) is 1.20. The van der Waals surface area contributed by atoms with Crippen molar-refractivity contribution in [3.05, 3.63) is 42.2 Å². The minimum atomic E-state index is 0.638. The van der Waals surface area contributed by atoms with E-state index in [0.29, 0.717) is 7.69 Å². The highest BCUT2D eigenvalue weighted by atomic mass is 16.5. The lowest BCUT2D eigenvalue weighted by atomic mass is 10.2. The summed E-state index contributed by atoms with van der Waals surface area (Å²) in [7, 11) is 0.638. The second-order valence-electron chi connectivity index (χ2n) is 1.95. The van der Waals surface area contributed by atoms with Gasteiger partial charge in [0.1, 0.15) is 0 Å². The van der Waals surface area contributed by atoms with Gasteiger partial charge in [0.05, 0.1) is 6.26 Å². The molecule has 11 heavy (non-hydrogen) atoms. The van der Waals surface area contributed by atoms with Crippen molar-refractivity contribution in [3.63, 3.8) is 0 Å². The van der Waals surface area contributed by atoms with Gasteiger partial charge in [-0.15, -0.1) is 0 Å². The predicted molar refractivity (Wildman–Crippen MR) is 44.5 cm³/mol. The summed E-state index contributed by atoms with van der Waals surface area (Å²) in [4.78, 5) is 0. The van der Waals surface area contributed by atoms with E-state index < -0.39 is 0 Å². The van der Waals surface area contributed by atoms with Gasteiger partial charge in [-0.3, -0.25) is 0 Å². The lowest BCUT2D eigenvalue weighted by Crippen LogP contribution is -1.86. The Morgan fingerprint density at radius 1 is 1.27 bits per heavy atom. The van der Waals surface area contributed by atoms with Crippen LogP contribution < -0.4 is 0 Å². The molecule has 1 N–H and O–H groups in total. The fourth-order valence-electron chi connectivity index (χ4n) is 0.717. The average Bonchev–Trinajstić information content (AvgIpc) is 2.07. The van der Waals surface area contributed by atoms with Crippen molar-refractivity contribution >= 4 is 13.8 Å². The Balaban J connectivity index is 2.50. The van der Waals surface area contributed by atoms with Crippen molar-refractivity contribution in [2.24, 2.45) is 0 Å². The molecule has 0 bridgehead atoms. The molecule has 1 aromatic rings. The maximum Gasteiger partial charge on any atom is 0.569 e. The van der Waals surface area contributed by atoms with Gasteiger partial charge in [-0.2, -0.15) is 0 Å². The van der Waals surface area contributed by atoms with Gasteiger partial charge in [-0.25, -0.2) is 0 Å². The van der Waals surface area contributed by atoms with Crippen LogP contribution in [0.1, 0.15) is 5.56 Å². The van der Waals surface area contributed by atoms with E-state index in [2.05, 4.69) is 4.65 Å². The predicted octanol–water partition coefficient (Wildman–Crippen LogP) is 1.20. The van der Waals surface area contributed by atoms with Crippen LogP contribution in [0.3, 0.4) is 0 Å². The van der Waals surface area contributed by atoms with Crippen LogP contribution in [0, 0.1) is 0 Å². The van der Waals surface area contributed by atoms with Crippen LogP contribution >= 0.6 is 0 Å². The van der Waals surface area contributed by atoms with Crippen molar-refractivity contribution < 1.29 is 9.68 Å². The molecule has 1 radical (unpaired) electrons. The monoisotopic (exact) mass is 147 g/mol. The molecule has 0 unspecified atom stereocenters. The lowest BCUT2D eigenvalue weighted by Gasteiger charge is -1.91. The molecule has 1 rings (SSSR count). The van der Waals surface area contributed by atoms with E-state index in [1.165, 1.54) is 6.26 Å². The topological polar surface area (TPSA) is 29.5 Å². The quantitative estimate of drug-likeness (QED) is 0.514. The molecule has 0 saturated carbocycles. The van der Waals surface area contributed by atoms with Crippen molar-refractivity contribution in [2.45, 2.75) is 0 Å². The summed E-state index contributed by atoms with van der Waals surface area (Å²) in [5.41, 5.74) is 1.04. The molecule has 1 aromatic carbocycles. The molecule has 0 heterocycles. The molecule has 0 aromatic heterocycles. The molecular weight excluding hydrogens is 139 g/mol. The van der Waals surface area contributed by atoms with Crippen molar-refractivity contribution in [1.29, 1.82) is 0 Å². The first-order valence-electron chi connectivity index (χ1n) is 3.26. The van der Waals surface area contributed by atoms with Crippen molar-refractivity contribution in [3.8, 4) is 0 Å². The fourth-order valence-corrected chi connectivity index (χ4v) is 0.717. The maximum absolute atomic E-state index is 8.15. The van der Waals surface area contributed by atoms with Gasteiger partial charge in [-0.05, 0) is 11.6 Å². The number of hydrogen-bond acceptors (Lipinski definition) is 2. The maximum atomic E-state index is 8.15. The van der Waals surface area contributed by atoms with E-state index >= 15 is 0 Å². The van der Waals surface area contributed by atoms with Crippen molar-refractivity contribution in [1.82, 2.24) is 0 Å². The standard InChI is InChI=1S/C8H8BO2/c10-9-11-7-6-8-4-2-1-3-5-8/h1-7,10H. The van der Waals surface area contributed by atoms with E-state index in [4.69, 9.17) is 5.02 Å². The average molecular weight is 147 g/mol. The van der Waals surface area contributed by atoms with Gasteiger partial charge in [-0.1, -0.05) is 30.3 Å². The van der Waals surface area contributed by atoms with Gasteiger partial charge in [0, 0.05) is 0 Å². The molecule has 0 amide bonds. The molecule has 0 fully saturated rings. The van der Waals surface area contributed by atoms with Crippen molar-refractivity contribution in [2.75, 3.05) is 0 Å². The second-order valence-corrected chi connectivity index (χ2v) is 1.95. The smallest absolute Gasteiger partial charge is 0.543 e. The molecule has 55 valence electrons. The largest absolute Gasteiger partial charge is 0.569 e. The van der Waals surface area contributed by atoms with E-state index in [1.54, 1.807) is 6.08 Å². The van der Waals surface area contributed by atoms with Crippen LogP contribution in [0.4, 0.5) is 0 Å². The number of benzene rings is 1. The Morgan fingerprint density at radius 3 is 2.64 bits per heavy atom. The summed E-state index contributed by atoms with van der Waals surface area (Å²) >= 11 is 0. The molecule has 2 nitrogen and oxygen atoms in total. The van der Waals surface area contributed by atoms with Gasteiger partial charge in [0.2, 0.25) is 0 Å². The second kappa shape index (κ2) is 4.58. The van der Waals surface area contributed by atoms with Crippen LogP contribution in [-0.2, 0) is 4.65 Å². The van der Waals surface area contributed by atoms with Crippen LogP contribution in [-0.4, -0.2) is 12.7 Å². The minimum absolute atomic E-state index is 0.638. The summed E-state index contributed by atoms with van der Waals surface area (Å²) in [5, 5.41) is 8.15. The first-order valence-corrected chi connectivity index (χ1v) is 3.26. The zero-order valence-electron chi connectivity index (χ0n) is 5.97. The van der Waals surface area contributed by atoms with Gasteiger partial charge in [0.15, 0.2) is 0 Å². The molecule has 3 heteroatoms. The first kappa shape index (κ1) is 7.89. The van der Waals surface area contributed by atoms with Crippen LogP contribution in [0.2, 0.25) is 0 Å². The fraction of sp³-hybridized carbons (Fsp3) is 0. The SMILES string of the molecule is O[B]OC=Cc1ccccc1. The normalized spacial score (nSPS) is 9.91. The summed E-state index contributed by atoms with van der Waals surface area (Å²) < 4.78 is 4.49. The minimum Gasteiger partial charge on any atom is -0.543 e. The summed E-state index contributed by atoms with van der Waals surface area (Å²) in [5.74, 6) is 0. The Labute approximate surface area is 66.4 Å². The zero-order valence-corrected chi connectivity index (χ0v) is 5.97. The van der Waals surface area contributed by atoms with Gasteiger partial charge >= 0.3 is 7.69 Å². The summed E-state index contributed by atoms with van der Waals surface area (Å²) in [6.45, 7) is 0. The highest BCUT2D eigenvalue weighted by Crippen LogP contribution is 2.00. The third-order valence-corrected chi connectivity index (χ3v) is 1.20. The van der Waals surface area contributed by atoms with E-state index in [-0.39, 0.29) is 0 Å². The Morgan fingerprint density at radius 2 is 2.00 bits per heavy atom. The Kier molecular flexibility index (Phi) is 3.28. The Hall–Kier alpha value is -1.22. The third kappa shape index (κ3) is 2.91. The summed E-state index contributed by atoms with van der Waals surface area (Å²) in [6, 6.07) is 9.69. The molecule has 0 saturated heterocycles. The highest BCUT2D eigenvalue weighted by Gasteiger charge is 1.82. The van der Waals surface area contributed by atoms with Crippen LogP contribution in [0.25, 0.3) is 6.08 Å². The molecule has 0 atom stereocenters. The molecule has 0 aliphatic rings. The van der Waals surface area contributed by atoms with E-state index in [0.717, 1.165) is 5.56 Å². The van der Waals surface area contributed by atoms with Crippen LogP contribution in [0.5, 0.6) is 0 Å². The molecule has 0 aliphatic heterocycles. The summed E-state index contributed by atoms with van der Waals surface area (Å²) in [6.07, 6.45) is 3.17. The van der Waals surface area contributed by atoms with Crippen LogP contribution in [0.15, 0.2) is 36.6 Å². The molecule has 0 spiro atoms.